The molecule has 0 fully saturated rings. The highest BCUT2D eigenvalue weighted by Gasteiger charge is 2.28. The molecule has 1 N–H and O–H groups in total. The van der Waals surface area contributed by atoms with Crippen LogP contribution in [0.2, 0.25) is 0 Å². The number of pyridine rings is 3. The van der Waals surface area contributed by atoms with Gasteiger partial charge in [0, 0.05) is 82.0 Å². The molecular weight excluding hydrogens is 801 g/mol. The number of rotatable bonds is 4. The van der Waals surface area contributed by atoms with E-state index < -0.39 is 0 Å². The summed E-state index contributed by atoms with van der Waals surface area (Å²) < 4.78 is 0. The van der Waals surface area contributed by atoms with Crippen LogP contribution in [0.4, 0.5) is 5.69 Å². The van der Waals surface area contributed by atoms with Crippen LogP contribution >= 0.6 is 0 Å². The molecule has 0 radical (unpaired) electrons. The van der Waals surface area contributed by atoms with Gasteiger partial charge in [-0.1, -0.05) is 140 Å². The average Bonchev–Trinajstić information content (AvgIpc) is 3.90. The van der Waals surface area contributed by atoms with E-state index >= 15 is 0 Å². The van der Waals surface area contributed by atoms with Crippen LogP contribution in [0.1, 0.15) is 5.56 Å². The van der Waals surface area contributed by atoms with Gasteiger partial charge in [-0.25, -0.2) is 0 Å². The number of hydrogen-bond donors (Lipinski definition) is 1. The Morgan fingerprint density at radius 3 is 1.62 bits per heavy atom. The second-order valence-corrected chi connectivity index (χ2v) is 17.8. The van der Waals surface area contributed by atoms with Gasteiger partial charge in [-0.3, -0.25) is 15.0 Å². The molecular formula is C62H36N4. The molecule has 0 bridgehead atoms. The lowest BCUT2D eigenvalue weighted by atomic mass is 9.84. The second kappa shape index (κ2) is 13.4. The minimum atomic E-state index is 0.786. The standard InChI is InChI=1S/C62H36N4/c1-2-18-42-41(17-1)57(47-23-3-11-35-13-9-29-65-61(35)47)59-46-22-6-20-44-49-31-51-53-43(50(49)32-52(54(44)46)60(59)58(42)48-24-4-12-36-14-10-30-66-62(36)48)19-5-21-45(53)55-39(37-15-7-27-63-33-37)25-26-40(56(51)55)38-16-8-28-64-34-38/h1-29,31-34,66H,30H2. The molecule has 1 aliphatic rings. The molecule has 1 aliphatic heterocycles. The molecule has 0 amide bonds. The maximum atomic E-state index is 5.08. The van der Waals surface area contributed by atoms with Gasteiger partial charge in [0.2, 0.25) is 0 Å². The highest BCUT2D eigenvalue weighted by Crippen LogP contribution is 2.56. The molecule has 14 aromatic rings. The number of para-hydroxylation sites is 2. The third kappa shape index (κ3) is 4.74. The third-order valence-electron chi connectivity index (χ3n) is 14.5. The Kier molecular flexibility index (Phi) is 7.25. The summed E-state index contributed by atoms with van der Waals surface area (Å²) in [5, 5.41) is 25.1. The summed E-state index contributed by atoms with van der Waals surface area (Å²) >= 11 is 0. The fourth-order valence-corrected chi connectivity index (χ4v) is 12.0. The molecule has 0 saturated carbocycles. The van der Waals surface area contributed by atoms with Crippen LogP contribution in [0.5, 0.6) is 0 Å². The number of nitrogens with zero attached hydrogens (tertiary/aromatic N) is 3. The number of fused-ring (bicyclic) bond motifs is 12. The Morgan fingerprint density at radius 1 is 0.379 bits per heavy atom. The lowest BCUT2D eigenvalue weighted by Gasteiger charge is -2.22. The zero-order valence-corrected chi connectivity index (χ0v) is 35.6. The van der Waals surface area contributed by atoms with E-state index in [9.17, 15) is 0 Å². The van der Waals surface area contributed by atoms with Gasteiger partial charge in [0.15, 0.2) is 0 Å². The van der Waals surface area contributed by atoms with Crippen LogP contribution in [0.25, 0.3) is 148 Å². The van der Waals surface area contributed by atoms with Crippen LogP contribution in [-0.4, -0.2) is 21.5 Å². The van der Waals surface area contributed by atoms with Crippen molar-refractivity contribution in [3.05, 3.63) is 200 Å². The van der Waals surface area contributed by atoms with Crippen molar-refractivity contribution in [3.63, 3.8) is 0 Å². The number of anilines is 1. The van der Waals surface area contributed by atoms with E-state index in [1.54, 1.807) is 0 Å². The van der Waals surface area contributed by atoms with Gasteiger partial charge in [-0.05, 0) is 133 Å². The Bertz CT molecular complexity index is 4380. The van der Waals surface area contributed by atoms with Gasteiger partial charge in [0.25, 0.3) is 0 Å². The highest BCUT2D eigenvalue weighted by atomic mass is 14.9. The van der Waals surface area contributed by atoms with Crippen molar-refractivity contribution in [2.24, 2.45) is 0 Å². The van der Waals surface area contributed by atoms with E-state index in [1.807, 2.05) is 49.2 Å². The molecule has 0 atom stereocenters. The molecule has 304 valence electrons. The first-order chi connectivity index (χ1) is 32.8. The van der Waals surface area contributed by atoms with Gasteiger partial charge in [0.05, 0.1) is 5.52 Å². The van der Waals surface area contributed by atoms with Crippen molar-refractivity contribution in [1.29, 1.82) is 0 Å². The molecule has 11 aromatic carbocycles. The summed E-state index contributed by atoms with van der Waals surface area (Å²) in [7, 11) is 0. The molecule has 4 nitrogen and oxygen atoms in total. The molecule has 4 heteroatoms. The Morgan fingerprint density at radius 2 is 0.924 bits per heavy atom. The Balaban J connectivity index is 1.18. The number of hydrogen-bond acceptors (Lipinski definition) is 4. The molecule has 0 unspecified atom stereocenters. The first-order valence-electron chi connectivity index (χ1n) is 22.7. The lowest BCUT2D eigenvalue weighted by molar-refractivity contribution is 1.31. The van der Waals surface area contributed by atoms with Crippen molar-refractivity contribution in [2.75, 3.05) is 11.9 Å². The summed E-state index contributed by atoms with van der Waals surface area (Å²) in [5.74, 6) is 0. The summed E-state index contributed by atoms with van der Waals surface area (Å²) in [4.78, 5) is 14.3. The van der Waals surface area contributed by atoms with Gasteiger partial charge in [-0.15, -0.1) is 0 Å². The van der Waals surface area contributed by atoms with E-state index in [0.29, 0.717) is 0 Å². The molecule has 0 saturated heterocycles. The Hall–Kier alpha value is -8.73. The second-order valence-electron chi connectivity index (χ2n) is 17.8. The topological polar surface area (TPSA) is 50.7 Å². The maximum absolute atomic E-state index is 5.08. The van der Waals surface area contributed by atoms with Gasteiger partial charge < -0.3 is 5.32 Å². The zero-order chi connectivity index (χ0) is 43.0. The number of nitrogens with one attached hydrogen (secondary N) is 1. The normalized spacial score (nSPS) is 12.8. The van der Waals surface area contributed by atoms with Gasteiger partial charge in [0.1, 0.15) is 0 Å². The lowest BCUT2D eigenvalue weighted by Crippen LogP contribution is -2.06. The molecule has 15 rings (SSSR count). The smallest absolute Gasteiger partial charge is 0.0780 e. The van der Waals surface area contributed by atoms with Crippen LogP contribution in [0.15, 0.2) is 195 Å². The molecule has 4 heterocycles. The largest absolute Gasteiger partial charge is 0.381 e. The SMILES string of the molecule is C1=Cc2cccc(-c3c4ccccc4c(-c4cccc5cccnc45)c4c5cccc6c7cc8c9c(-c%10cccnc%10)ccc(-c%10cccnc%10)c9c9cccc(c7cc(c34)c65)c98)c2NC1. The monoisotopic (exact) mass is 836 g/mol. The fourth-order valence-electron chi connectivity index (χ4n) is 12.0. The summed E-state index contributed by atoms with van der Waals surface area (Å²) in [6, 6.07) is 58.6. The van der Waals surface area contributed by atoms with Gasteiger partial charge in [-0.2, -0.15) is 0 Å². The van der Waals surface area contributed by atoms with E-state index in [2.05, 4.69) is 167 Å². The zero-order valence-electron chi connectivity index (χ0n) is 35.6. The average molecular weight is 837 g/mol. The van der Waals surface area contributed by atoms with E-state index in [0.717, 1.165) is 34.1 Å². The van der Waals surface area contributed by atoms with Crippen molar-refractivity contribution in [3.8, 4) is 44.5 Å². The third-order valence-corrected chi connectivity index (χ3v) is 14.5. The van der Waals surface area contributed by atoms with E-state index in [-0.39, 0.29) is 0 Å². The molecule has 3 aromatic heterocycles. The van der Waals surface area contributed by atoms with Crippen LogP contribution < -0.4 is 5.32 Å². The van der Waals surface area contributed by atoms with Gasteiger partial charge >= 0.3 is 0 Å². The maximum Gasteiger partial charge on any atom is 0.0780 e. The Labute approximate surface area is 378 Å². The van der Waals surface area contributed by atoms with Crippen molar-refractivity contribution >= 4 is 109 Å². The molecule has 0 spiro atoms. The first-order valence-corrected chi connectivity index (χ1v) is 22.7. The summed E-state index contributed by atoms with van der Waals surface area (Å²) in [6.45, 7) is 0.786. The first kappa shape index (κ1) is 35.7. The minimum Gasteiger partial charge on any atom is -0.381 e. The summed E-state index contributed by atoms with van der Waals surface area (Å²) in [6.07, 6.45) is 14.1. The van der Waals surface area contributed by atoms with E-state index in [4.69, 9.17) is 4.98 Å². The van der Waals surface area contributed by atoms with Crippen LogP contribution in [0, 0.1) is 0 Å². The highest BCUT2D eigenvalue weighted by molar-refractivity contribution is 6.46. The quantitative estimate of drug-likeness (QED) is 0.179. The van der Waals surface area contributed by atoms with Crippen molar-refractivity contribution in [2.45, 2.75) is 0 Å². The van der Waals surface area contributed by atoms with Crippen molar-refractivity contribution < 1.29 is 0 Å². The molecule has 66 heavy (non-hydrogen) atoms. The van der Waals surface area contributed by atoms with Crippen LogP contribution in [0.3, 0.4) is 0 Å². The van der Waals surface area contributed by atoms with E-state index in [1.165, 1.54) is 125 Å². The predicted octanol–water partition coefficient (Wildman–Crippen LogP) is 16.2. The predicted molar refractivity (Wildman–Crippen MR) is 279 cm³/mol. The summed E-state index contributed by atoms with van der Waals surface area (Å²) in [5.41, 5.74) is 12.8. The van der Waals surface area contributed by atoms with Crippen LogP contribution in [-0.2, 0) is 0 Å². The fraction of sp³-hybridized carbons (Fsp3) is 0.0161. The minimum absolute atomic E-state index is 0.786. The molecule has 0 aliphatic carbocycles. The van der Waals surface area contributed by atoms with Crippen molar-refractivity contribution in [1.82, 2.24) is 15.0 Å². The number of aromatic nitrogens is 3. The number of benzene rings is 9.